The number of aromatic nitrogens is 1. The molecule has 0 spiro atoms. The van der Waals surface area contributed by atoms with Gasteiger partial charge in [0, 0.05) is 41.6 Å². The van der Waals surface area contributed by atoms with E-state index >= 15 is 0 Å². The molecule has 0 aliphatic rings. The van der Waals surface area contributed by atoms with Gasteiger partial charge in [0.25, 0.3) is 5.91 Å². The summed E-state index contributed by atoms with van der Waals surface area (Å²) in [7, 11) is -8.97. The number of halogens is 1. The average molecular weight is 769 g/mol. The Labute approximate surface area is 290 Å². The summed E-state index contributed by atoms with van der Waals surface area (Å²) in [6.07, 6.45) is 2.70. The SMILES string of the molecule is Cc1ncccc1C(=O)N[C@@H](Cc1ccccc1Br)C(=O)NCCCC[C@@H](COS(=O)(=O)O)N(CC(C)C)S(=O)(=O)c1ccc(N)cc1. The first kappa shape index (κ1) is 39.0. The van der Waals surface area contributed by atoms with Crippen LogP contribution in [0.25, 0.3) is 0 Å². The lowest BCUT2D eigenvalue weighted by Gasteiger charge is -2.32. The molecule has 1 heterocycles. The van der Waals surface area contributed by atoms with Gasteiger partial charge in [-0.05, 0) is 73.7 Å². The number of sulfonamides is 1. The topological polar surface area (TPSA) is 198 Å². The highest BCUT2D eigenvalue weighted by atomic mass is 79.9. The molecule has 48 heavy (non-hydrogen) atoms. The molecule has 0 bridgehead atoms. The maximum atomic E-state index is 13.7. The quantitative estimate of drug-likeness (QED) is 0.0837. The Hall–Kier alpha value is -3.41. The number of nitrogens with two attached hydrogens (primary N) is 1. The van der Waals surface area contributed by atoms with Crippen LogP contribution in [0, 0.1) is 12.8 Å². The first-order valence-corrected chi connectivity index (χ1v) is 18.9. The third kappa shape index (κ3) is 11.9. The van der Waals surface area contributed by atoms with Gasteiger partial charge in [0.05, 0.1) is 23.1 Å². The summed E-state index contributed by atoms with van der Waals surface area (Å²) in [6, 6.07) is 14.4. The van der Waals surface area contributed by atoms with Gasteiger partial charge in [0.1, 0.15) is 6.04 Å². The third-order valence-corrected chi connectivity index (χ3v) is 10.5. The summed E-state index contributed by atoms with van der Waals surface area (Å²) in [6.45, 7) is 4.97. The van der Waals surface area contributed by atoms with Crippen molar-refractivity contribution >= 4 is 53.9 Å². The predicted octanol–water partition coefficient (Wildman–Crippen LogP) is 3.90. The molecule has 1 aromatic heterocycles. The van der Waals surface area contributed by atoms with Crippen LogP contribution in [0.5, 0.6) is 0 Å². The molecule has 16 heteroatoms. The molecule has 2 aromatic carbocycles. The van der Waals surface area contributed by atoms with Crippen molar-refractivity contribution < 1.29 is 35.2 Å². The summed E-state index contributed by atoms with van der Waals surface area (Å²) in [5, 5.41) is 5.67. The molecule has 13 nitrogen and oxygen atoms in total. The molecule has 262 valence electrons. The lowest BCUT2D eigenvalue weighted by molar-refractivity contribution is -0.122. The number of anilines is 1. The molecule has 0 saturated heterocycles. The second kappa shape index (κ2) is 17.8. The number of amides is 2. The van der Waals surface area contributed by atoms with Crippen LogP contribution in [0.1, 0.15) is 54.7 Å². The lowest BCUT2D eigenvalue weighted by atomic mass is 10.0. The van der Waals surface area contributed by atoms with Gasteiger partial charge in [-0.2, -0.15) is 12.7 Å². The minimum atomic E-state index is -4.85. The average Bonchev–Trinajstić information content (AvgIpc) is 3.01. The number of carbonyl (C=O) groups is 2. The number of nitrogens with one attached hydrogen (secondary N) is 2. The second-order valence-corrected chi connectivity index (χ2v) is 15.5. The number of pyridine rings is 1. The molecular weight excluding hydrogens is 726 g/mol. The van der Waals surface area contributed by atoms with Crippen LogP contribution in [0.3, 0.4) is 0 Å². The maximum Gasteiger partial charge on any atom is 0.397 e. The fourth-order valence-electron chi connectivity index (χ4n) is 4.95. The zero-order valence-corrected chi connectivity index (χ0v) is 30.2. The Morgan fingerprint density at radius 1 is 1.02 bits per heavy atom. The van der Waals surface area contributed by atoms with Crippen molar-refractivity contribution in [1.82, 2.24) is 19.9 Å². The van der Waals surface area contributed by atoms with Crippen LogP contribution in [-0.4, -0.2) is 74.3 Å². The molecule has 0 fully saturated rings. The van der Waals surface area contributed by atoms with E-state index in [1.165, 1.54) is 28.6 Å². The van der Waals surface area contributed by atoms with E-state index in [-0.39, 0.29) is 36.7 Å². The van der Waals surface area contributed by atoms with Crippen molar-refractivity contribution in [3.05, 3.63) is 88.2 Å². The van der Waals surface area contributed by atoms with Gasteiger partial charge < -0.3 is 16.4 Å². The number of hydrogen-bond donors (Lipinski definition) is 4. The van der Waals surface area contributed by atoms with Crippen molar-refractivity contribution in [2.45, 2.75) is 63.4 Å². The smallest absolute Gasteiger partial charge is 0.397 e. The Morgan fingerprint density at radius 3 is 2.33 bits per heavy atom. The number of unbranched alkanes of at least 4 members (excludes halogenated alkanes) is 1. The van der Waals surface area contributed by atoms with Crippen LogP contribution in [0.15, 0.2) is 76.2 Å². The van der Waals surface area contributed by atoms with Crippen molar-refractivity contribution in [1.29, 1.82) is 0 Å². The highest BCUT2D eigenvalue weighted by molar-refractivity contribution is 9.10. The van der Waals surface area contributed by atoms with Gasteiger partial charge >= 0.3 is 10.4 Å². The van der Waals surface area contributed by atoms with Crippen LogP contribution >= 0.6 is 15.9 Å². The summed E-state index contributed by atoms with van der Waals surface area (Å²) in [5.41, 5.74) is 7.80. The minimum Gasteiger partial charge on any atom is -0.399 e. The van der Waals surface area contributed by atoms with Gasteiger partial charge in [0.2, 0.25) is 15.9 Å². The van der Waals surface area contributed by atoms with Crippen LogP contribution in [0.4, 0.5) is 5.69 Å². The molecule has 3 rings (SSSR count). The van der Waals surface area contributed by atoms with E-state index in [4.69, 9.17) is 5.73 Å². The number of benzene rings is 2. The fraction of sp³-hybridized carbons (Fsp3) is 0.406. The Morgan fingerprint density at radius 2 is 1.71 bits per heavy atom. The number of aryl methyl sites for hydroxylation is 1. The first-order valence-electron chi connectivity index (χ1n) is 15.3. The summed E-state index contributed by atoms with van der Waals surface area (Å²) < 4.78 is 66.2. The number of rotatable bonds is 18. The zero-order chi connectivity index (χ0) is 35.5. The molecule has 2 atom stereocenters. The summed E-state index contributed by atoms with van der Waals surface area (Å²) in [5.74, 6) is -0.991. The first-order chi connectivity index (χ1) is 22.6. The standard InChI is InChI=1S/C32H42BrN5O8S2/c1-22(2)20-38(47(41,42)27-15-13-25(34)14-16-27)26(21-46-48(43,44)45)10-6-7-17-36-32(40)30(19-24-9-4-5-12-29(24)33)37-31(39)28-11-8-18-35-23(28)3/h4-5,8-9,11-16,18,22,26,30H,6-7,10,17,19-21,34H2,1-3H3,(H,36,40)(H,37,39)(H,43,44,45)/t26-,30-/m0/s1. The third-order valence-electron chi connectivity index (χ3n) is 7.37. The van der Waals surface area contributed by atoms with Gasteiger partial charge in [-0.15, -0.1) is 0 Å². The largest absolute Gasteiger partial charge is 0.399 e. The highest BCUT2D eigenvalue weighted by Crippen LogP contribution is 2.24. The molecule has 0 aliphatic heterocycles. The Kier molecular flexibility index (Phi) is 14.5. The molecular formula is C32H42BrN5O8S2. The Bertz CT molecular complexity index is 1760. The lowest BCUT2D eigenvalue weighted by Crippen LogP contribution is -2.48. The van der Waals surface area contributed by atoms with Crippen molar-refractivity contribution in [3.8, 4) is 0 Å². The van der Waals surface area contributed by atoms with Gasteiger partial charge in [-0.1, -0.05) is 54.4 Å². The van der Waals surface area contributed by atoms with E-state index in [1.807, 2.05) is 38.1 Å². The number of nitrogens with zero attached hydrogens (tertiary/aromatic N) is 2. The molecule has 0 saturated carbocycles. The fourth-order valence-corrected chi connectivity index (χ4v) is 7.53. The number of carbonyl (C=O) groups excluding carboxylic acids is 2. The predicted molar refractivity (Wildman–Crippen MR) is 186 cm³/mol. The van der Waals surface area contributed by atoms with Crippen molar-refractivity contribution in [2.75, 3.05) is 25.4 Å². The maximum absolute atomic E-state index is 13.7. The summed E-state index contributed by atoms with van der Waals surface area (Å²) >= 11 is 3.50. The van der Waals surface area contributed by atoms with Crippen LogP contribution in [0.2, 0.25) is 0 Å². The molecule has 2 amide bonds. The Balaban J connectivity index is 1.72. The van der Waals surface area contributed by atoms with Gasteiger partial charge in [-0.25, -0.2) is 12.6 Å². The normalized spacial score (nSPS) is 13.3. The van der Waals surface area contributed by atoms with Crippen LogP contribution < -0.4 is 16.4 Å². The van der Waals surface area contributed by atoms with E-state index in [9.17, 15) is 31.0 Å². The van der Waals surface area contributed by atoms with E-state index < -0.39 is 50.9 Å². The highest BCUT2D eigenvalue weighted by Gasteiger charge is 2.33. The molecule has 0 radical (unpaired) electrons. The number of nitrogen functional groups attached to an aromatic ring is 1. The molecule has 0 aliphatic carbocycles. The van der Waals surface area contributed by atoms with Gasteiger partial charge in [0.15, 0.2) is 0 Å². The number of hydrogen-bond acceptors (Lipinski definition) is 9. The van der Waals surface area contributed by atoms with Gasteiger partial charge in [-0.3, -0.25) is 19.1 Å². The minimum absolute atomic E-state index is 0.0268. The van der Waals surface area contributed by atoms with Crippen molar-refractivity contribution in [2.24, 2.45) is 5.92 Å². The van der Waals surface area contributed by atoms with Crippen molar-refractivity contribution in [3.63, 3.8) is 0 Å². The zero-order valence-electron chi connectivity index (χ0n) is 27.0. The molecule has 0 unspecified atom stereocenters. The summed E-state index contributed by atoms with van der Waals surface area (Å²) in [4.78, 5) is 30.6. The van der Waals surface area contributed by atoms with E-state index in [0.717, 1.165) is 10.0 Å². The molecule has 5 N–H and O–H groups in total. The van der Waals surface area contributed by atoms with Crippen LogP contribution in [-0.2, 0) is 35.8 Å². The second-order valence-electron chi connectivity index (χ2n) is 11.6. The van der Waals surface area contributed by atoms with E-state index in [2.05, 4.69) is 35.7 Å². The van der Waals surface area contributed by atoms with E-state index in [0.29, 0.717) is 29.8 Å². The molecule has 3 aromatic rings. The monoisotopic (exact) mass is 767 g/mol. The van der Waals surface area contributed by atoms with E-state index in [1.54, 1.807) is 25.3 Å².